The number of carboxylic acids is 4. The van der Waals surface area contributed by atoms with E-state index in [1.165, 1.54) is 0 Å². The van der Waals surface area contributed by atoms with Gasteiger partial charge in [0.2, 0.25) is 0 Å². The topological polar surface area (TPSA) is 195 Å². The van der Waals surface area contributed by atoms with E-state index in [9.17, 15) is 19.2 Å². The summed E-state index contributed by atoms with van der Waals surface area (Å²) in [5.74, 6) is -5.99. The maximum Gasteiger partial charge on any atom is 0.336 e. The van der Waals surface area contributed by atoms with Crippen molar-refractivity contribution in [2.75, 3.05) is 6.54 Å². The smallest absolute Gasteiger partial charge is 0.336 e. The van der Waals surface area contributed by atoms with Crippen LogP contribution in [0, 0.1) is 0 Å². The number of aliphatic carboxylic acids is 4. The molecule has 0 saturated heterocycles. The zero-order valence-corrected chi connectivity index (χ0v) is 10.3. The fraction of sp³-hybridized carbons (Fsp3) is 0.500. The Bertz CT molecular complexity index is 327. The fourth-order valence-electron chi connectivity index (χ4n) is 0.714. The minimum absolute atomic E-state index is 0. The molecule has 19 heavy (non-hydrogen) atoms. The van der Waals surface area contributed by atoms with Crippen LogP contribution in [0.5, 0.6) is 0 Å². The van der Waals surface area contributed by atoms with E-state index in [-0.39, 0.29) is 23.6 Å². The van der Waals surface area contributed by atoms with Crippen molar-refractivity contribution in [3.63, 3.8) is 0 Å². The second-order valence-electron chi connectivity index (χ2n) is 3.08. The summed E-state index contributed by atoms with van der Waals surface area (Å²) in [5, 5.41) is 41.4. The van der Waals surface area contributed by atoms with Gasteiger partial charge in [0.25, 0.3) is 0 Å². The zero-order valence-electron chi connectivity index (χ0n) is 9.37. The second-order valence-corrected chi connectivity index (χ2v) is 3.08. The molecule has 0 aromatic heterocycles. The minimum atomic E-state index is -2.74. The molecule has 7 N–H and O–H groups in total. The van der Waals surface area contributed by atoms with Crippen molar-refractivity contribution in [2.24, 2.45) is 5.73 Å². The van der Waals surface area contributed by atoms with Gasteiger partial charge >= 0.3 is 23.9 Å². The van der Waals surface area contributed by atoms with Crippen LogP contribution in [0.3, 0.4) is 0 Å². The van der Waals surface area contributed by atoms with E-state index in [0.717, 1.165) is 0 Å². The van der Waals surface area contributed by atoms with Gasteiger partial charge in [0.15, 0.2) is 5.60 Å². The normalized spacial score (nSPS) is 9.37. The van der Waals surface area contributed by atoms with Crippen LogP contribution < -0.4 is 5.73 Å². The van der Waals surface area contributed by atoms with Crippen molar-refractivity contribution >= 4 is 23.9 Å². The largest absolute Gasteiger partial charge is 0.481 e. The summed E-state index contributed by atoms with van der Waals surface area (Å²) in [7, 11) is 0. The number of hydrogen-bond donors (Lipinski definition) is 6. The van der Waals surface area contributed by atoms with Gasteiger partial charge in [-0.1, -0.05) is 0 Å². The van der Waals surface area contributed by atoms with Gasteiger partial charge in [-0.25, -0.2) is 4.79 Å². The first-order valence-electron chi connectivity index (χ1n) is 4.36. The molecule has 0 heterocycles. The molecule has 0 rings (SSSR count). The van der Waals surface area contributed by atoms with Crippen LogP contribution in [0.25, 0.3) is 0 Å². The molecule has 0 fully saturated rings. The van der Waals surface area contributed by atoms with E-state index in [0.29, 0.717) is 0 Å². The molecule has 0 atom stereocenters. The molecule has 10 nitrogen and oxygen atoms in total. The molecule has 11 heteroatoms. The Morgan fingerprint density at radius 3 is 1.21 bits per heavy atom. The Balaban J connectivity index is -0.000000366. The maximum absolute atomic E-state index is 10.3. The molecule has 0 aromatic carbocycles. The second kappa shape index (κ2) is 10.3. The van der Waals surface area contributed by atoms with Crippen molar-refractivity contribution in [1.82, 2.24) is 0 Å². The SMILES string of the molecule is NCC(=O)O.O=C(O)CC(O)(CC(=O)O)C(=O)O.[Cu]. The van der Waals surface area contributed by atoms with Crippen molar-refractivity contribution in [3.05, 3.63) is 0 Å². The summed E-state index contributed by atoms with van der Waals surface area (Å²) in [4.78, 5) is 39.7. The summed E-state index contributed by atoms with van der Waals surface area (Å²) in [6.07, 6.45) is -2.29. The van der Waals surface area contributed by atoms with Crippen molar-refractivity contribution < 1.29 is 61.8 Å². The Morgan fingerprint density at radius 1 is 0.842 bits per heavy atom. The van der Waals surface area contributed by atoms with Crippen molar-refractivity contribution in [3.8, 4) is 0 Å². The number of carbonyl (C=O) groups is 4. The number of rotatable bonds is 6. The molecular formula is C8H13CuNO9. The first kappa shape index (κ1) is 22.5. The van der Waals surface area contributed by atoms with E-state index in [1.807, 2.05) is 0 Å². The number of nitrogens with two attached hydrogens (primary N) is 1. The van der Waals surface area contributed by atoms with E-state index in [1.54, 1.807) is 0 Å². The maximum atomic E-state index is 10.3. The van der Waals surface area contributed by atoms with Crippen LogP contribution in [0.1, 0.15) is 12.8 Å². The van der Waals surface area contributed by atoms with Crippen LogP contribution in [0.4, 0.5) is 0 Å². The van der Waals surface area contributed by atoms with Gasteiger partial charge in [0, 0.05) is 17.1 Å². The molecule has 0 amide bonds. The van der Waals surface area contributed by atoms with Crippen LogP contribution in [-0.2, 0) is 36.2 Å². The van der Waals surface area contributed by atoms with Gasteiger partial charge in [0.1, 0.15) is 0 Å². The third-order valence-electron chi connectivity index (χ3n) is 1.46. The number of aliphatic hydroxyl groups is 1. The first-order valence-corrected chi connectivity index (χ1v) is 4.36. The predicted molar refractivity (Wildman–Crippen MR) is 53.8 cm³/mol. The average molecular weight is 331 g/mol. The first-order chi connectivity index (χ1) is 8.05. The molecule has 0 spiro atoms. The van der Waals surface area contributed by atoms with Gasteiger partial charge in [0.05, 0.1) is 19.4 Å². The molecule has 0 aliphatic heterocycles. The number of hydrogen-bond acceptors (Lipinski definition) is 6. The summed E-state index contributed by atoms with van der Waals surface area (Å²) >= 11 is 0. The predicted octanol–water partition coefficient (Wildman–Crippen LogP) is -2.22. The van der Waals surface area contributed by atoms with E-state index in [2.05, 4.69) is 5.73 Å². The molecule has 0 bridgehead atoms. The Labute approximate surface area is 117 Å². The summed E-state index contributed by atoms with van der Waals surface area (Å²) in [5.41, 5.74) is 1.83. The van der Waals surface area contributed by atoms with Crippen molar-refractivity contribution in [2.45, 2.75) is 18.4 Å². The molecule has 0 aliphatic carbocycles. The Hall–Kier alpha value is -1.68. The molecule has 0 aromatic rings. The molecule has 0 saturated carbocycles. The van der Waals surface area contributed by atoms with Crippen LogP contribution in [0.2, 0.25) is 0 Å². The van der Waals surface area contributed by atoms with Gasteiger partial charge in [-0.3, -0.25) is 14.4 Å². The van der Waals surface area contributed by atoms with Crippen molar-refractivity contribution in [1.29, 1.82) is 0 Å². The van der Waals surface area contributed by atoms with Gasteiger partial charge in [-0.05, 0) is 0 Å². The Morgan fingerprint density at radius 2 is 1.11 bits per heavy atom. The molecule has 0 unspecified atom stereocenters. The molecular weight excluding hydrogens is 318 g/mol. The average Bonchev–Trinajstić information content (AvgIpc) is 2.15. The number of carboxylic acid groups (broad SMARTS) is 4. The van der Waals surface area contributed by atoms with Crippen LogP contribution >= 0.6 is 0 Å². The monoisotopic (exact) mass is 330 g/mol. The van der Waals surface area contributed by atoms with Crippen LogP contribution in [-0.4, -0.2) is 61.6 Å². The van der Waals surface area contributed by atoms with Gasteiger partial charge in [-0.15, -0.1) is 0 Å². The molecule has 115 valence electrons. The summed E-state index contributed by atoms with van der Waals surface area (Å²) in [6.45, 7) is -0.278. The van der Waals surface area contributed by atoms with E-state index >= 15 is 0 Å². The van der Waals surface area contributed by atoms with Gasteiger partial charge in [-0.2, -0.15) is 0 Å². The zero-order chi connectivity index (χ0) is 14.9. The molecule has 0 aliphatic rings. The molecule has 1 radical (unpaired) electrons. The third-order valence-corrected chi connectivity index (χ3v) is 1.46. The summed E-state index contributed by atoms with van der Waals surface area (Å²) in [6, 6.07) is 0. The van der Waals surface area contributed by atoms with Crippen LogP contribution in [0.15, 0.2) is 0 Å². The third kappa shape index (κ3) is 12.6. The van der Waals surface area contributed by atoms with Gasteiger partial charge < -0.3 is 31.3 Å². The van der Waals surface area contributed by atoms with E-state index in [4.69, 9.17) is 25.5 Å². The fourth-order valence-corrected chi connectivity index (χ4v) is 0.714. The van der Waals surface area contributed by atoms with E-state index < -0.39 is 42.3 Å². The summed E-state index contributed by atoms with van der Waals surface area (Å²) < 4.78 is 0. The minimum Gasteiger partial charge on any atom is -0.481 e. The quantitative estimate of drug-likeness (QED) is 0.290. The standard InChI is InChI=1S/C6H8O7.C2H5NO2.Cu/c7-3(8)1-6(13,5(11)12)2-4(9)10;3-1-2(4)5;/h13H,1-2H2,(H,7,8)(H,9,10)(H,11,12);1,3H2,(H,4,5);. The Kier molecular flexibility index (Phi) is 12.1.